The number of aromatic nitrogens is 2. The first kappa shape index (κ1) is 7.12. The summed E-state index contributed by atoms with van der Waals surface area (Å²) in [6, 6.07) is 0.378. The summed E-state index contributed by atoms with van der Waals surface area (Å²) in [6.45, 7) is 1.49. The molecule has 0 saturated carbocycles. The average molecular weight is 218 g/mol. The van der Waals surface area contributed by atoms with Gasteiger partial charge in [-0.3, -0.25) is 4.68 Å². The predicted molar refractivity (Wildman–Crippen MR) is 44.2 cm³/mol. The number of rotatable bonds is 1. The van der Waals surface area contributed by atoms with Gasteiger partial charge in [0.2, 0.25) is 0 Å². The Kier molecular flexibility index (Phi) is 1.61. The number of halogens is 1. The lowest BCUT2D eigenvalue weighted by Crippen LogP contribution is -2.30. The van der Waals surface area contributed by atoms with Crippen molar-refractivity contribution in [2.45, 2.75) is 6.04 Å². The van der Waals surface area contributed by atoms with Gasteiger partial charge in [0.15, 0.2) is 5.82 Å². The second-order valence-electron chi connectivity index (χ2n) is 2.53. The highest BCUT2D eigenvalue weighted by Gasteiger charge is 2.21. The Morgan fingerprint density at radius 2 is 2.45 bits per heavy atom. The van der Waals surface area contributed by atoms with E-state index in [9.17, 15) is 0 Å². The van der Waals surface area contributed by atoms with Gasteiger partial charge in [-0.05, 0) is 15.9 Å². The average Bonchev–Trinajstić information content (AvgIpc) is 2.08. The summed E-state index contributed by atoms with van der Waals surface area (Å²) < 4.78 is 7.71. The maximum atomic E-state index is 5.54. The van der Waals surface area contributed by atoms with E-state index in [0.717, 1.165) is 17.7 Å². The van der Waals surface area contributed by atoms with Crippen LogP contribution < -0.4 is 5.73 Å². The molecule has 60 valence electrons. The fourth-order valence-corrected chi connectivity index (χ4v) is 1.24. The SMILES string of the molecule is Nc1nn(C2COC2)cc1Br. The summed E-state index contributed by atoms with van der Waals surface area (Å²) in [5.74, 6) is 0.539. The van der Waals surface area contributed by atoms with E-state index in [4.69, 9.17) is 10.5 Å². The van der Waals surface area contributed by atoms with Crippen LogP contribution in [0.1, 0.15) is 6.04 Å². The van der Waals surface area contributed by atoms with Crippen molar-refractivity contribution in [2.75, 3.05) is 18.9 Å². The van der Waals surface area contributed by atoms with Gasteiger partial charge in [-0.25, -0.2) is 0 Å². The molecule has 2 rings (SSSR count). The van der Waals surface area contributed by atoms with Crippen molar-refractivity contribution in [3.8, 4) is 0 Å². The van der Waals surface area contributed by atoms with Crippen molar-refractivity contribution in [1.29, 1.82) is 0 Å². The Morgan fingerprint density at radius 3 is 2.82 bits per heavy atom. The molecule has 0 atom stereocenters. The molecule has 0 aromatic carbocycles. The molecule has 1 fully saturated rings. The minimum atomic E-state index is 0.378. The van der Waals surface area contributed by atoms with Crippen molar-refractivity contribution < 1.29 is 4.74 Å². The first-order valence-corrected chi connectivity index (χ1v) is 4.14. The van der Waals surface area contributed by atoms with Gasteiger partial charge in [0, 0.05) is 6.20 Å². The number of nitrogens with two attached hydrogens (primary N) is 1. The number of anilines is 1. The van der Waals surface area contributed by atoms with Gasteiger partial charge in [-0.1, -0.05) is 0 Å². The number of hydrogen-bond acceptors (Lipinski definition) is 3. The van der Waals surface area contributed by atoms with Crippen LogP contribution in [0.5, 0.6) is 0 Å². The zero-order valence-electron chi connectivity index (χ0n) is 5.83. The van der Waals surface area contributed by atoms with Crippen molar-refractivity contribution in [2.24, 2.45) is 0 Å². The van der Waals surface area contributed by atoms with Gasteiger partial charge in [0.25, 0.3) is 0 Å². The summed E-state index contributed by atoms with van der Waals surface area (Å²) in [6.07, 6.45) is 1.88. The highest BCUT2D eigenvalue weighted by molar-refractivity contribution is 9.10. The minimum Gasteiger partial charge on any atom is -0.381 e. The highest BCUT2D eigenvalue weighted by Crippen LogP contribution is 2.22. The van der Waals surface area contributed by atoms with Crippen LogP contribution in [-0.4, -0.2) is 23.0 Å². The molecule has 2 heterocycles. The third-order valence-electron chi connectivity index (χ3n) is 1.71. The molecule has 1 aliphatic rings. The van der Waals surface area contributed by atoms with E-state index in [1.54, 1.807) is 0 Å². The van der Waals surface area contributed by atoms with Crippen molar-refractivity contribution >= 4 is 21.7 Å². The summed E-state index contributed by atoms with van der Waals surface area (Å²) in [5.41, 5.74) is 5.54. The van der Waals surface area contributed by atoms with Crippen LogP contribution in [0.3, 0.4) is 0 Å². The molecule has 0 aliphatic carbocycles. The molecular weight excluding hydrogens is 210 g/mol. The second kappa shape index (κ2) is 2.49. The molecule has 4 nitrogen and oxygen atoms in total. The first-order chi connectivity index (χ1) is 5.27. The van der Waals surface area contributed by atoms with Crippen LogP contribution in [0, 0.1) is 0 Å². The van der Waals surface area contributed by atoms with Crippen LogP contribution in [0.25, 0.3) is 0 Å². The predicted octanol–water partition coefficient (Wildman–Crippen LogP) is 0.799. The Bertz CT molecular complexity index is 249. The molecule has 1 aromatic heterocycles. The zero-order chi connectivity index (χ0) is 7.84. The van der Waals surface area contributed by atoms with E-state index in [0.29, 0.717) is 11.9 Å². The maximum Gasteiger partial charge on any atom is 0.159 e. The van der Waals surface area contributed by atoms with Crippen LogP contribution in [-0.2, 0) is 4.74 Å². The third-order valence-corrected chi connectivity index (χ3v) is 2.32. The van der Waals surface area contributed by atoms with Gasteiger partial charge < -0.3 is 10.5 Å². The molecule has 0 bridgehead atoms. The maximum absolute atomic E-state index is 5.54. The number of ether oxygens (including phenoxy) is 1. The monoisotopic (exact) mass is 217 g/mol. The second-order valence-corrected chi connectivity index (χ2v) is 3.39. The van der Waals surface area contributed by atoms with Gasteiger partial charge in [0.1, 0.15) is 0 Å². The lowest BCUT2D eigenvalue weighted by atomic mass is 10.3. The molecule has 11 heavy (non-hydrogen) atoms. The van der Waals surface area contributed by atoms with Gasteiger partial charge in [0.05, 0.1) is 23.7 Å². The summed E-state index contributed by atoms with van der Waals surface area (Å²) in [7, 11) is 0. The lowest BCUT2D eigenvalue weighted by molar-refractivity contribution is -0.0285. The van der Waals surface area contributed by atoms with E-state index in [-0.39, 0.29) is 0 Å². The van der Waals surface area contributed by atoms with Crippen LogP contribution in [0.2, 0.25) is 0 Å². The van der Waals surface area contributed by atoms with E-state index >= 15 is 0 Å². The lowest BCUT2D eigenvalue weighted by Gasteiger charge is -2.25. The quantitative estimate of drug-likeness (QED) is 0.758. The number of nitrogen functional groups attached to an aromatic ring is 1. The molecule has 0 spiro atoms. The van der Waals surface area contributed by atoms with Crippen LogP contribution in [0.4, 0.5) is 5.82 Å². The molecular formula is C6H8BrN3O. The Balaban J connectivity index is 2.24. The number of hydrogen-bond donors (Lipinski definition) is 1. The van der Waals surface area contributed by atoms with Gasteiger partial charge in [-0.2, -0.15) is 5.10 Å². The standard InChI is InChI=1S/C6H8BrN3O/c7-5-1-10(9-6(5)8)4-2-11-3-4/h1,4H,2-3H2,(H2,8,9). The fraction of sp³-hybridized carbons (Fsp3) is 0.500. The summed E-state index contributed by atoms with van der Waals surface area (Å²) in [4.78, 5) is 0. The highest BCUT2D eigenvalue weighted by atomic mass is 79.9. The molecule has 1 aliphatic heterocycles. The number of nitrogens with zero attached hydrogens (tertiary/aromatic N) is 2. The first-order valence-electron chi connectivity index (χ1n) is 3.35. The van der Waals surface area contributed by atoms with Crippen LogP contribution in [0.15, 0.2) is 10.7 Å². The molecule has 2 N–H and O–H groups in total. The molecule has 1 saturated heterocycles. The molecule has 1 aromatic rings. The van der Waals surface area contributed by atoms with E-state index in [2.05, 4.69) is 21.0 Å². The van der Waals surface area contributed by atoms with Crippen molar-refractivity contribution in [3.05, 3.63) is 10.7 Å². The van der Waals surface area contributed by atoms with E-state index < -0.39 is 0 Å². The Hall–Kier alpha value is -0.550. The Morgan fingerprint density at radius 1 is 1.73 bits per heavy atom. The minimum absolute atomic E-state index is 0.378. The molecule has 0 amide bonds. The van der Waals surface area contributed by atoms with Crippen LogP contribution >= 0.6 is 15.9 Å². The molecule has 0 radical (unpaired) electrons. The van der Waals surface area contributed by atoms with Gasteiger partial charge in [-0.15, -0.1) is 0 Å². The topological polar surface area (TPSA) is 53.1 Å². The smallest absolute Gasteiger partial charge is 0.159 e. The molecule has 5 heteroatoms. The zero-order valence-corrected chi connectivity index (χ0v) is 7.41. The third kappa shape index (κ3) is 1.14. The molecule has 0 unspecified atom stereocenters. The fourth-order valence-electron chi connectivity index (χ4n) is 0.946. The van der Waals surface area contributed by atoms with Crippen molar-refractivity contribution in [3.63, 3.8) is 0 Å². The summed E-state index contributed by atoms with van der Waals surface area (Å²) in [5, 5.41) is 4.10. The van der Waals surface area contributed by atoms with E-state index in [1.165, 1.54) is 0 Å². The Labute approximate surface area is 72.4 Å². The normalized spacial score (nSPS) is 18.3. The van der Waals surface area contributed by atoms with E-state index in [1.807, 2.05) is 10.9 Å². The van der Waals surface area contributed by atoms with Gasteiger partial charge >= 0.3 is 0 Å². The largest absolute Gasteiger partial charge is 0.381 e. The van der Waals surface area contributed by atoms with Crippen molar-refractivity contribution in [1.82, 2.24) is 9.78 Å². The summed E-state index contributed by atoms with van der Waals surface area (Å²) >= 11 is 3.29.